The zero-order valence-electron chi connectivity index (χ0n) is 20.9. The summed E-state index contributed by atoms with van der Waals surface area (Å²) in [5.41, 5.74) is 1.57. The first-order valence-corrected chi connectivity index (χ1v) is 13.6. The van der Waals surface area contributed by atoms with Crippen LogP contribution in [-0.4, -0.2) is 21.9 Å². The molecule has 5 aliphatic carbocycles. The van der Waals surface area contributed by atoms with Gasteiger partial charge in [0.05, 0.1) is 23.2 Å². The summed E-state index contributed by atoms with van der Waals surface area (Å²) in [4.78, 5) is 0. The zero-order chi connectivity index (χ0) is 22.9. The molecule has 5 rings (SSSR count). The Kier molecular flexibility index (Phi) is 5.43. The van der Waals surface area contributed by atoms with E-state index in [0.717, 1.165) is 62.7 Å². The number of allylic oxidation sites excluding steroid dienone is 2. The van der Waals surface area contributed by atoms with E-state index in [1.807, 2.05) is 6.92 Å². The van der Waals surface area contributed by atoms with Crippen LogP contribution in [0.15, 0.2) is 11.6 Å². The van der Waals surface area contributed by atoms with Gasteiger partial charge in [-0.2, -0.15) is 5.26 Å². The van der Waals surface area contributed by atoms with E-state index in [2.05, 4.69) is 32.9 Å². The van der Waals surface area contributed by atoms with Crippen molar-refractivity contribution in [2.24, 2.45) is 45.8 Å². The normalized spacial score (nSPS) is 48.5. The minimum absolute atomic E-state index is 0.302. The molecule has 178 valence electrons. The van der Waals surface area contributed by atoms with Crippen molar-refractivity contribution in [1.82, 2.24) is 0 Å². The fourth-order valence-corrected chi connectivity index (χ4v) is 9.23. The molecule has 0 aliphatic heterocycles. The van der Waals surface area contributed by atoms with Gasteiger partial charge in [-0.3, -0.25) is 0 Å². The highest BCUT2D eigenvalue weighted by atomic mass is 16.3. The maximum atomic E-state index is 10.7. The molecule has 3 nitrogen and oxygen atoms in total. The predicted octanol–water partition coefficient (Wildman–Crippen LogP) is 6.40. The molecule has 0 aromatic heterocycles. The second-order valence-corrected chi connectivity index (χ2v) is 13.5. The number of fused-ring (bicyclic) bond motifs is 5. The lowest BCUT2D eigenvalue weighted by molar-refractivity contribution is -0.0648. The molecule has 0 heterocycles. The van der Waals surface area contributed by atoms with E-state index in [1.54, 1.807) is 5.57 Å². The molecule has 0 spiro atoms. The van der Waals surface area contributed by atoms with Crippen LogP contribution in [0.5, 0.6) is 0 Å². The molecule has 0 radical (unpaired) electrons. The minimum atomic E-state index is -0.468. The number of nitriles is 1. The summed E-state index contributed by atoms with van der Waals surface area (Å²) >= 11 is 0. The van der Waals surface area contributed by atoms with Crippen LogP contribution in [0.2, 0.25) is 0 Å². The Morgan fingerprint density at radius 2 is 1.81 bits per heavy atom. The van der Waals surface area contributed by atoms with E-state index in [-0.39, 0.29) is 0 Å². The lowest BCUT2D eigenvalue weighted by Gasteiger charge is -2.58. The summed E-state index contributed by atoms with van der Waals surface area (Å²) in [7, 11) is 0. The van der Waals surface area contributed by atoms with Gasteiger partial charge in [-0.05, 0) is 124 Å². The summed E-state index contributed by atoms with van der Waals surface area (Å²) in [6.07, 6.45) is 15.4. The molecule has 0 bridgehead atoms. The molecular formula is C29H45NO2. The molecule has 0 unspecified atom stereocenters. The summed E-state index contributed by atoms with van der Waals surface area (Å²) < 4.78 is 0. The number of hydrogen-bond acceptors (Lipinski definition) is 3. The predicted molar refractivity (Wildman–Crippen MR) is 128 cm³/mol. The van der Waals surface area contributed by atoms with Gasteiger partial charge < -0.3 is 10.2 Å². The molecular weight excluding hydrogens is 394 g/mol. The maximum Gasteiger partial charge on any atom is 0.0833 e. The van der Waals surface area contributed by atoms with Crippen molar-refractivity contribution in [2.75, 3.05) is 0 Å². The smallest absolute Gasteiger partial charge is 0.0833 e. The molecule has 5 aliphatic rings. The third-order valence-corrected chi connectivity index (χ3v) is 11.6. The van der Waals surface area contributed by atoms with Crippen molar-refractivity contribution in [3.8, 4) is 6.07 Å². The molecule has 0 saturated heterocycles. The largest absolute Gasteiger partial charge is 0.391 e. The lowest BCUT2D eigenvalue weighted by Crippen LogP contribution is -2.50. The van der Waals surface area contributed by atoms with Crippen molar-refractivity contribution in [2.45, 2.75) is 116 Å². The number of rotatable bonds is 5. The van der Waals surface area contributed by atoms with Crippen molar-refractivity contribution < 1.29 is 10.2 Å². The topological polar surface area (TPSA) is 64.2 Å². The number of aliphatic hydroxyl groups excluding tert-OH is 1. The van der Waals surface area contributed by atoms with Crippen molar-refractivity contribution in [3.63, 3.8) is 0 Å². The van der Waals surface area contributed by atoms with Crippen LogP contribution >= 0.6 is 0 Å². The van der Waals surface area contributed by atoms with Crippen LogP contribution < -0.4 is 0 Å². The van der Waals surface area contributed by atoms with E-state index >= 15 is 0 Å². The lowest BCUT2D eigenvalue weighted by atomic mass is 9.47. The third kappa shape index (κ3) is 3.42. The molecule has 0 aromatic carbocycles. The van der Waals surface area contributed by atoms with E-state index in [1.165, 1.54) is 32.1 Å². The van der Waals surface area contributed by atoms with E-state index in [9.17, 15) is 15.5 Å². The number of hydrogen-bond donors (Lipinski definition) is 2. The Balaban J connectivity index is 1.30. The summed E-state index contributed by atoms with van der Waals surface area (Å²) in [6, 6.07) is 2.39. The van der Waals surface area contributed by atoms with Crippen LogP contribution in [-0.2, 0) is 0 Å². The van der Waals surface area contributed by atoms with Crippen LogP contribution in [0.1, 0.15) is 105 Å². The van der Waals surface area contributed by atoms with Gasteiger partial charge in [-0.15, -0.1) is 0 Å². The van der Waals surface area contributed by atoms with Gasteiger partial charge in [0.25, 0.3) is 0 Å². The molecule has 0 amide bonds. The second-order valence-electron chi connectivity index (χ2n) is 13.5. The highest BCUT2D eigenvalue weighted by Gasteiger charge is 2.58. The molecule has 32 heavy (non-hydrogen) atoms. The van der Waals surface area contributed by atoms with Crippen molar-refractivity contribution >= 4 is 0 Å². The highest BCUT2D eigenvalue weighted by molar-refractivity contribution is 5.29. The quantitative estimate of drug-likeness (QED) is 0.487. The summed E-state index contributed by atoms with van der Waals surface area (Å²) in [5.74, 6) is 3.53. The molecule has 2 N–H and O–H groups in total. The van der Waals surface area contributed by atoms with Crippen molar-refractivity contribution in [3.05, 3.63) is 11.6 Å². The minimum Gasteiger partial charge on any atom is -0.391 e. The Labute approximate surface area is 195 Å². The Bertz CT molecular complexity index is 820. The number of aliphatic hydroxyl groups is 2. The van der Waals surface area contributed by atoms with E-state index in [4.69, 9.17) is 0 Å². The maximum absolute atomic E-state index is 10.7. The Hall–Kier alpha value is -0.850. The van der Waals surface area contributed by atoms with Gasteiger partial charge in [-0.25, -0.2) is 0 Å². The monoisotopic (exact) mass is 439 g/mol. The van der Waals surface area contributed by atoms with E-state index < -0.39 is 17.1 Å². The van der Waals surface area contributed by atoms with Crippen LogP contribution in [0.25, 0.3) is 0 Å². The van der Waals surface area contributed by atoms with Crippen molar-refractivity contribution in [1.29, 1.82) is 5.26 Å². The first-order chi connectivity index (χ1) is 15.0. The van der Waals surface area contributed by atoms with Gasteiger partial charge in [0.2, 0.25) is 0 Å². The molecule has 0 aromatic rings. The second kappa shape index (κ2) is 7.58. The van der Waals surface area contributed by atoms with Gasteiger partial charge in [0.1, 0.15) is 0 Å². The van der Waals surface area contributed by atoms with Gasteiger partial charge in [0, 0.05) is 0 Å². The van der Waals surface area contributed by atoms with Crippen LogP contribution in [0.3, 0.4) is 0 Å². The van der Waals surface area contributed by atoms with Crippen LogP contribution in [0.4, 0.5) is 0 Å². The Morgan fingerprint density at radius 3 is 2.50 bits per heavy atom. The molecule has 4 fully saturated rings. The summed E-state index contributed by atoms with van der Waals surface area (Å²) in [6.45, 7) is 9.56. The molecule has 9 atom stereocenters. The summed E-state index contributed by atoms with van der Waals surface area (Å²) in [5, 5.41) is 30.7. The molecule has 4 saturated carbocycles. The van der Waals surface area contributed by atoms with Crippen LogP contribution in [0, 0.1) is 57.2 Å². The fourth-order valence-electron chi connectivity index (χ4n) is 9.23. The average molecular weight is 440 g/mol. The van der Waals surface area contributed by atoms with Gasteiger partial charge in [0.15, 0.2) is 0 Å². The third-order valence-electron chi connectivity index (χ3n) is 11.6. The highest BCUT2D eigenvalue weighted by Crippen LogP contribution is 2.67. The SMILES string of the molecule is C[C@H](CC[C@H](O)C1(C#N)CC1)[C@H]1CC[C@H]2[C@@H]3CC[C@H]4C[C@@](C)(O)CC[C@]4(C)C3=CC[C@]12C. The molecule has 3 heteroatoms. The van der Waals surface area contributed by atoms with Gasteiger partial charge in [-0.1, -0.05) is 32.4 Å². The standard InChI is InChI=1S/C29H45NO2/c1-19(5-10-25(31)29(18-30)15-16-29)22-8-9-23-21-7-6-20-17-26(2,32)13-14-27(20,3)24(21)11-12-28(22,23)4/h11,19-23,25,31-32H,5-10,12-17H2,1-4H3/t19-,20+,21+,22-,23+,25+,26+,27+,28-/m1/s1. The Morgan fingerprint density at radius 1 is 1.06 bits per heavy atom. The fraction of sp³-hybridized carbons (Fsp3) is 0.897. The average Bonchev–Trinajstić information content (AvgIpc) is 3.47. The van der Waals surface area contributed by atoms with Gasteiger partial charge >= 0.3 is 0 Å². The first-order valence-electron chi connectivity index (χ1n) is 13.6. The first kappa shape index (κ1) is 22.9. The zero-order valence-corrected chi connectivity index (χ0v) is 20.9. The number of nitrogens with zero attached hydrogens (tertiary/aromatic N) is 1. The van der Waals surface area contributed by atoms with E-state index in [0.29, 0.717) is 22.7 Å².